The highest BCUT2D eigenvalue weighted by Gasteiger charge is 2.46. The fraction of sp³-hybridized carbons (Fsp3) is 0.481. The lowest BCUT2D eigenvalue weighted by molar-refractivity contribution is -0.123. The number of carbonyl (C=O) groups is 2. The maximum absolute atomic E-state index is 13.2. The average Bonchev–Trinajstić information content (AvgIpc) is 2.82. The first kappa shape index (κ1) is 21.5. The summed E-state index contributed by atoms with van der Waals surface area (Å²) in [5.41, 5.74) is 3.90. The van der Waals surface area contributed by atoms with Gasteiger partial charge < -0.3 is 0 Å². The molecule has 1 aliphatic rings. The third-order valence-corrected chi connectivity index (χ3v) is 5.63. The molecule has 0 aromatic heterocycles. The van der Waals surface area contributed by atoms with E-state index < -0.39 is 5.41 Å². The number of rotatable bonds is 6. The van der Waals surface area contributed by atoms with Crippen LogP contribution in [-0.2, 0) is 15.0 Å². The molecule has 2 aromatic rings. The number of fused-ring (bicyclic) bond motifs is 3. The second kappa shape index (κ2) is 7.55. The first-order chi connectivity index (χ1) is 13.4. The van der Waals surface area contributed by atoms with Gasteiger partial charge in [-0.3, -0.25) is 9.59 Å². The average molecular weight is 391 g/mol. The summed E-state index contributed by atoms with van der Waals surface area (Å²) < 4.78 is 0. The summed E-state index contributed by atoms with van der Waals surface area (Å²) in [5.74, 6) is 0.458. The van der Waals surface area contributed by atoms with Gasteiger partial charge in [0.15, 0.2) is 0 Å². The molecule has 0 spiro atoms. The van der Waals surface area contributed by atoms with Crippen molar-refractivity contribution in [2.24, 2.45) is 10.8 Å². The van der Waals surface area contributed by atoms with E-state index in [-0.39, 0.29) is 22.4 Å². The van der Waals surface area contributed by atoms with Crippen LogP contribution in [-0.4, -0.2) is 11.6 Å². The van der Waals surface area contributed by atoms with Crippen LogP contribution in [0.5, 0.6) is 0 Å². The van der Waals surface area contributed by atoms with Gasteiger partial charge in [-0.1, -0.05) is 90.1 Å². The molecule has 29 heavy (non-hydrogen) atoms. The predicted octanol–water partition coefficient (Wildman–Crippen LogP) is 6.74. The van der Waals surface area contributed by atoms with Gasteiger partial charge in [-0.25, -0.2) is 0 Å². The second-order valence-electron chi connectivity index (χ2n) is 11.1. The van der Waals surface area contributed by atoms with Crippen LogP contribution in [0.2, 0.25) is 0 Å². The van der Waals surface area contributed by atoms with Gasteiger partial charge in [0.1, 0.15) is 11.6 Å². The molecule has 0 saturated heterocycles. The molecule has 0 saturated carbocycles. The molecule has 2 nitrogen and oxygen atoms in total. The molecule has 2 aromatic carbocycles. The molecule has 3 rings (SSSR count). The lowest BCUT2D eigenvalue weighted by atomic mass is 9.68. The van der Waals surface area contributed by atoms with Gasteiger partial charge in [0.05, 0.1) is 0 Å². The Morgan fingerprint density at radius 3 is 1.34 bits per heavy atom. The van der Waals surface area contributed by atoms with Crippen molar-refractivity contribution < 1.29 is 9.59 Å². The van der Waals surface area contributed by atoms with E-state index >= 15 is 0 Å². The van der Waals surface area contributed by atoms with E-state index in [0.717, 1.165) is 22.3 Å². The predicted molar refractivity (Wildman–Crippen MR) is 120 cm³/mol. The van der Waals surface area contributed by atoms with Crippen LogP contribution in [0.15, 0.2) is 48.5 Å². The third-order valence-electron chi connectivity index (χ3n) is 5.63. The van der Waals surface area contributed by atoms with Crippen molar-refractivity contribution in [1.29, 1.82) is 0 Å². The molecule has 0 radical (unpaired) electrons. The van der Waals surface area contributed by atoms with Crippen LogP contribution < -0.4 is 0 Å². The molecule has 0 fully saturated rings. The van der Waals surface area contributed by atoms with Crippen LogP contribution in [0, 0.1) is 10.8 Å². The molecule has 0 unspecified atom stereocenters. The lowest BCUT2D eigenvalue weighted by Gasteiger charge is -2.33. The molecule has 2 heteroatoms. The summed E-state index contributed by atoms with van der Waals surface area (Å²) >= 11 is 0. The fourth-order valence-electron chi connectivity index (χ4n) is 4.84. The van der Waals surface area contributed by atoms with Crippen molar-refractivity contribution in [2.45, 2.75) is 72.6 Å². The highest BCUT2D eigenvalue weighted by atomic mass is 16.1. The third kappa shape index (κ3) is 4.69. The number of benzene rings is 2. The standard InChI is InChI=1S/C27H34O2/c1-25(2,3)15-19(28)17-27(18-20(29)16-26(4,5)6)23-13-9-7-11-21(23)22-12-8-10-14-24(22)27/h7-14H,15-18H2,1-6H3. The van der Waals surface area contributed by atoms with Gasteiger partial charge in [-0.2, -0.15) is 0 Å². The highest BCUT2D eigenvalue weighted by molar-refractivity contribution is 5.91. The maximum Gasteiger partial charge on any atom is 0.134 e. The van der Waals surface area contributed by atoms with Crippen LogP contribution in [0.1, 0.15) is 78.4 Å². The molecular weight excluding hydrogens is 356 g/mol. The zero-order chi connectivity index (χ0) is 21.4. The molecule has 1 aliphatic carbocycles. The Hall–Kier alpha value is -2.22. The first-order valence-electron chi connectivity index (χ1n) is 10.6. The Labute approximate surface area is 175 Å². The number of carbonyl (C=O) groups excluding carboxylic acids is 2. The molecule has 0 amide bonds. The van der Waals surface area contributed by atoms with Crippen molar-refractivity contribution >= 4 is 11.6 Å². The minimum Gasteiger partial charge on any atom is -0.300 e. The zero-order valence-electron chi connectivity index (χ0n) is 18.8. The van der Waals surface area contributed by atoms with Gasteiger partial charge in [0, 0.05) is 31.1 Å². The Morgan fingerprint density at radius 1 is 0.655 bits per heavy atom. The van der Waals surface area contributed by atoms with Crippen LogP contribution in [0.25, 0.3) is 11.1 Å². The monoisotopic (exact) mass is 390 g/mol. The summed E-state index contributed by atoms with van der Waals surface area (Å²) in [6.45, 7) is 12.6. The lowest BCUT2D eigenvalue weighted by Crippen LogP contribution is -2.33. The van der Waals surface area contributed by atoms with Crippen LogP contribution >= 0.6 is 0 Å². The van der Waals surface area contributed by atoms with E-state index in [2.05, 4.69) is 65.8 Å². The largest absolute Gasteiger partial charge is 0.300 e. The Kier molecular flexibility index (Phi) is 5.60. The summed E-state index contributed by atoms with van der Waals surface area (Å²) in [6.07, 6.45) is 1.81. The number of Topliss-reactive ketones (excluding diaryl/α,β-unsaturated/α-hetero) is 2. The topological polar surface area (TPSA) is 34.1 Å². The van der Waals surface area contributed by atoms with Crippen molar-refractivity contribution in [1.82, 2.24) is 0 Å². The van der Waals surface area contributed by atoms with Crippen molar-refractivity contribution in [3.05, 3.63) is 59.7 Å². The van der Waals surface area contributed by atoms with Crippen molar-refractivity contribution in [3.8, 4) is 11.1 Å². The summed E-state index contributed by atoms with van der Waals surface area (Å²) in [6, 6.07) is 16.6. The minimum absolute atomic E-state index is 0.0642. The smallest absolute Gasteiger partial charge is 0.134 e. The number of ketones is 2. The number of hydrogen-bond donors (Lipinski definition) is 0. The van der Waals surface area contributed by atoms with Crippen molar-refractivity contribution in [2.75, 3.05) is 0 Å². The number of hydrogen-bond acceptors (Lipinski definition) is 2. The fourth-order valence-corrected chi connectivity index (χ4v) is 4.84. The zero-order valence-corrected chi connectivity index (χ0v) is 18.8. The minimum atomic E-state index is -0.558. The van der Waals surface area contributed by atoms with Gasteiger partial charge in [-0.15, -0.1) is 0 Å². The van der Waals surface area contributed by atoms with Crippen LogP contribution in [0.4, 0.5) is 0 Å². The van der Waals surface area contributed by atoms with Gasteiger partial charge in [-0.05, 0) is 33.1 Å². The first-order valence-corrected chi connectivity index (χ1v) is 10.6. The molecule has 0 heterocycles. The normalized spacial score (nSPS) is 15.0. The Bertz CT molecular complexity index is 845. The van der Waals surface area contributed by atoms with E-state index in [1.165, 1.54) is 0 Å². The molecule has 0 bridgehead atoms. The second-order valence-corrected chi connectivity index (χ2v) is 11.1. The molecule has 0 N–H and O–H groups in total. The quantitative estimate of drug-likeness (QED) is 0.547. The molecule has 154 valence electrons. The SMILES string of the molecule is CC(C)(C)CC(=O)CC1(CC(=O)CC(C)(C)C)c2ccccc2-c2ccccc21. The van der Waals surface area contributed by atoms with Crippen LogP contribution in [0.3, 0.4) is 0 Å². The highest BCUT2D eigenvalue weighted by Crippen LogP contribution is 2.53. The van der Waals surface area contributed by atoms with Gasteiger partial charge in [0.25, 0.3) is 0 Å². The summed E-state index contributed by atoms with van der Waals surface area (Å²) in [7, 11) is 0. The van der Waals surface area contributed by atoms with E-state index in [0.29, 0.717) is 25.7 Å². The molecule has 0 atom stereocenters. The Balaban J connectivity index is 2.11. The van der Waals surface area contributed by atoms with E-state index in [4.69, 9.17) is 0 Å². The summed E-state index contributed by atoms with van der Waals surface area (Å²) in [4.78, 5) is 26.4. The van der Waals surface area contributed by atoms with E-state index in [9.17, 15) is 9.59 Å². The molecular formula is C27H34O2. The summed E-state index contributed by atoms with van der Waals surface area (Å²) in [5, 5.41) is 0. The van der Waals surface area contributed by atoms with Crippen molar-refractivity contribution in [3.63, 3.8) is 0 Å². The Morgan fingerprint density at radius 2 is 1.00 bits per heavy atom. The maximum atomic E-state index is 13.2. The van der Waals surface area contributed by atoms with E-state index in [1.54, 1.807) is 0 Å². The van der Waals surface area contributed by atoms with E-state index in [1.807, 2.05) is 24.3 Å². The molecule has 0 aliphatic heterocycles. The van der Waals surface area contributed by atoms with Gasteiger partial charge in [0.2, 0.25) is 0 Å². The van der Waals surface area contributed by atoms with Gasteiger partial charge >= 0.3 is 0 Å².